The summed E-state index contributed by atoms with van der Waals surface area (Å²) in [6.45, 7) is 3.52. The molecule has 2 fully saturated rings. The van der Waals surface area contributed by atoms with Crippen molar-refractivity contribution in [2.75, 3.05) is 19.0 Å². The molecule has 2 unspecified atom stereocenters. The Kier molecular flexibility index (Phi) is 3.72. The first-order chi connectivity index (χ1) is 9.15. The van der Waals surface area contributed by atoms with Crippen molar-refractivity contribution in [3.8, 4) is 5.75 Å². The molecule has 0 aromatic heterocycles. The van der Waals surface area contributed by atoms with Gasteiger partial charge in [0.2, 0.25) is 0 Å². The van der Waals surface area contributed by atoms with Crippen molar-refractivity contribution in [3.05, 3.63) is 22.7 Å². The summed E-state index contributed by atoms with van der Waals surface area (Å²) >= 11 is 3.53. The second-order valence-electron chi connectivity index (χ2n) is 5.73. The Labute approximate surface area is 123 Å². The van der Waals surface area contributed by atoms with Gasteiger partial charge in [0.15, 0.2) is 0 Å². The van der Waals surface area contributed by atoms with E-state index in [0.29, 0.717) is 12.1 Å². The monoisotopic (exact) mass is 324 g/mol. The highest BCUT2D eigenvalue weighted by Crippen LogP contribution is 2.34. The zero-order chi connectivity index (χ0) is 13.4. The van der Waals surface area contributed by atoms with Crippen LogP contribution in [0.5, 0.6) is 5.75 Å². The lowest BCUT2D eigenvalue weighted by Crippen LogP contribution is -2.31. The molecule has 1 aromatic rings. The van der Waals surface area contributed by atoms with Gasteiger partial charge in [0, 0.05) is 40.9 Å². The lowest BCUT2D eigenvalue weighted by atomic mass is 10.2. The van der Waals surface area contributed by atoms with E-state index >= 15 is 0 Å². The smallest absolute Gasteiger partial charge is 0.122 e. The molecule has 1 saturated heterocycles. The van der Waals surface area contributed by atoms with Crippen molar-refractivity contribution >= 4 is 21.6 Å². The normalized spacial score (nSPS) is 27.5. The van der Waals surface area contributed by atoms with Gasteiger partial charge in [-0.25, -0.2) is 0 Å². The average Bonchev–Trinajstić information content (AvgIpc) is 3.14. The third kappa shape index (κ3) is 3.06. The zero-order valence-corrected chi connectivity index (χ0v) is 13.1. The summed E-state index contributed by atoms with van der Waals surface area (Å²) in [5, 5.41) is 3.65. The first kappa shape index (κ1) is 13.3. The number of likely N-dealkylation sites (tertiary alicyclic amines) is 1. The molecule has 104 valence electrons. The molecular formula is C15H21BrN2O. The van der Waals surface area contributed by atoms with Crippen LogP contribution in [0.25, 0.3) is 0 Å². The standard InChI is InChI=1S/C15H21BrN2O/c1-10-5-13(9-18(10)14-3-4-14)17-12-6-11(16)7-15(8-12)19-2/h6-8,10,13-14,17H,3-5,9H2,1-2H3. The van der Waals surface area contributed by atoms with Gasteiger partial charge >= 0.3 is 0 Å². The van der Waals surface area contributed by atoms with Gasteiger partial charge in [-0.1, -0.05) is 15.9 Å². The number of nitrogens with zero attached hydrogens (tertiary/aromatic N) is 1. The Hall–Kier alpha value is -0.740. The van der Waals surface area contributed by atoms with E-state index in [9.17, 15) is 0 Å². The molecule has 4 heteroatoms. The van der Waals surface area contributed by atoms with Crippen LogP contribution in [0.4, 0.5) is 5.69 Å². The van der Waals surface area contributed by atoms with Crippen LogP contribution in [0, 0.1) is 0 Å². The van der Waals surface area contributed by atoms with Gasteiger partial charge in [-0.05, 0) is 38.3 Å². The predicted octanol–water partition coefficient (Wildman–Crippen LogP) is 3.49. The number of methoxy groups -OCH3 is 1. The van der Waals surface area contributed by atoms with E-state index in [-0.39, 0.29) is 0 Å². The summed E-state index contributed by atoms with van der Waals surface area (Å²) in [5.41, 5.74) is 1.14. The number of benzene rings is 1. The van der Waals surface area contributed by atoms with Gasteiger partial charge in [0.1, 0.15) is 5.75 Å². The lowest BCUT2D eigenvalue weighted by Gasteiger charge is -2.20. The van der Waals surface area contributed by atoms with Crippen LogP contribution in [-0.4, -0.2) is 36.7 Å². The molecule has 1 aliphatic carbocycles. The molecule has 3 nitrogen and oxygen atoms in total. The number of hydrogen-bond donors (Lipinski definition) is 1. The number of halogens is 1. The van der Waals surface area contributed by atoms with Crippen LogP contribution in [-0.2, 0) is 0 Å². The van der Waals surface area contributed by atoms with Crippen molar-refractivity contribution in [1.29, 1.82) is 0 Å². The first-order valence-corrected chi connectivity index (χ1v) is 7.82. The molecule has 0 radical (unpaired) electrons. The van der Waals surface area contributed by atoms with Gasteiger partial charge in [0.05, 0.1) is 7.11 Å². The van der Waals surface area contributed by atoms with E-state index in [1.807, 2.05) is 6.07 Å². The summed E-state index contributed by atoms with van der Waals surface area (Å²) in [4.78, 5) is 2.66. The maximum absolute atomic E-state index is 5.31. The van der Waals surface area contributed by atoms with Gasteiger partial charge < -0.3 is 10.1 Å². The van der Waals surface area contributed by atoms with Crippen molar-refractivity contribution in [1.82, 2.24) is 4.90 Å². The molecule has 1 aliphatic heterocycles. The number of rotatable bonds is 4. The minimum atomic E-state index is 0.551. The van der Waals surface area contributed by atoms with Crippen molar-refractivity contribution in [2.45, 2.75) is 44.3 Å². The van der Waals surface area contributed by atoms with Gasteiger partial charge in [0.25, 0.3) is 0 Å². The van der Waals surface area contributed by atoms with Crippen LogP contribution in [0.1, 0.15) is 26.2 Å². The second kappa shape index (κ2) is 5.33. The summed E-state index contributed by atoms with van der Waals surface area (Å²) in [7, 11) is 1.71. The van der Waals surface area contributed by atoms with Crippen LogP contribution < -0.4 is 10.1 Å². The SMILES string of the molecule is COc1cc(Br)cc(NC2CC(C)N(C3CC3)C2)c1. The van der Waals surface area contributed by atoms with Crippen LogP contribution >= 0.6 is 15.9 Å². The number of ether oxygens (including phenoxy) is 1. The predicted molar refractivity (Wildman–Crippen MR) is 81.9 cm³/mol. The van der Waals surface area contributed by atoms with Gasteiger partial charge in [-0.2, -0.15) is 0 Å². The third-order valence-corrected chi connectivity index (χ3v) is 4.57. The van der Waals surface area contributed by atoms with E-state index < -0.39 is 0 Å². The Morgan fingerprint density at radius 2 is 2.11 bits per heavy atom. The van der Waals surface area contributed by atoms with Gasteiger partial charge in [-0.15, -0.1) is 0 Å². The quantitative estimate of drug-likeness (QED) is 0.917. The fourth-order valence-corrected chi connectivity index (χ4v) is 3.55. The molecule has 1 heterocycles. The van der Waals surface area contributed by atoms with Crippen LogP contribution in [0.15, 0.2) is 22.7 Å². The first-order valence-electron chi connectivity index (χ1n) is 7.02. The largest absolute Gasteiger partial charge is 0.497 e. The summed E-state index contributed by atoms with van der Waals surface area (Å²) < 4.78 is 6.37. The maximum Gasteiger partial charge on any atom is 0.122 e. The van der Waals surface area contributed by atoms with E-state index in [1.165, 1.54) is 25.8 Å². The molecule has 1 aromatic carbocycles. The van der Waals surface area contributed by atoms with Crippen LogP contribution in [0.3, 0.4) is 0 Å². The summed E-state index contributed by atoms with van der Waals surface area (Å²) in [6, 6.07) is 8.29. The highest BCUT2D eigenvalue weighted by atomic mass is 79.9. The summed E-state index contributed by atoms with van der Waals surface area (Å²) in [5.74, 6) is 0.891. The Balaban J connectivity index is 1.66. The number of hydrogen-bond acceptors (Lipinski definition) is 3. The van der Waals surface area contributed by atoms with Crippen LogP contribution in [0.2, 0.25) is 0 Å². The minimum Gasteiger partial charge on any atom is -0.497 e. The van der Waals surface area contributed by atoms with E-state index in [1.54, 1.807) is 7.11 Å². The summed E-state index contributed by atoms with van der Waals surface area (Å²) in [6.07, 6.45) is 4.01. The van der Waals surface area contributed by atoms with E-state index in [0.717, 1.165) is 22.0 Å². The maximum atomic E-state index is 5.31. The molecule has 1 N–H and O–H groups in total. The molecule has 2 atom stereocenters. The fourth-order valence-electron chi connectivity index (χ4n) is 3.08. The van der Waals surface area contributed by atoms with Crippen molar-refractivity contribution < 1.29 is 4.74 Å². The van der Waals surface area contributed by atoms with E-state index in [2.05, 4.69) is 45.2 Å². The fraction of sp³-hybridized carbons (Fsp3) is 0.600. The van der Waals surface area contributed by atoms with E-state index in [4.69, 9.17) is 4.74 Å². The Morgan fingerprint density at radius 1 is 1.32 bits per heavy atom. The Bertz CT molecular complexity index is 461. The lowest BCUT2D eigenvalue weighted by molar-refractivity contribution is 0.257. The molecule has 3 rings (SSSR count). The molecule has 0 bridgehead atoms. The Morgan fingerprint density at radius 3 is 2.79 bits per heavy atom. The topological polar surface area (TPSA) is 24.5 Å². The van der Waals surface area contributed by atoms with Gasteiger partial charge in [-0.3, -0.25) is 4.90 Å². The molecule has 0 amide bonds. The zero-order valence-electron chi connectivity index (χ0n) is 11.5. The highest BCUT2D eigenvalue weighted by molar-refractivity contribution is 9.10. The molecular weight excluding hydrogens is 304 g/mol. The van der Waals surface area contributed by atoms with Crippen molar-refractivity contribution in [3.63, 3.8) is 0 Å². The van der Waals surface area contributed by atoms with Crippen molar-refractivity contribution in [2.24, 2.45) is 0 Å². The third-order valence-electron chi connectivity index (χ3n) is 4.12. The molecule has 2 aliphatic rings. The number of anilines is 1. The molecule has 19 heavy (non-hydrogen) atoms. The second-order valence-corrected chi connectivity index (χ2v) is 6.65. The minimum absolute atomic E-state index is 0.551. The molecule has 0 spiro atoms. The average molecular weight is 325 g/mol. The number of nitrogens with one attached hydrogen (secondary N) is 1. The molecule has 1 saturated carbocycles. The highest BCUT2D eigenvalue weighted by Gasteiger charge is 2.38.